The van der Waals surface area contributed by atoms with Crippen LogP contribution >= 0.6 is 23.6 Å². The van der Waals surface area contributed by atoms with Crippen molar-refractivity contribution in [3.05, 3.63) is 24.3 Å². The monoisotopic (exact) mass is 264 g/mol. The summed E-state index contributed by atoms with van der Waals surface area (Å²) in [5.41, 5.74) is 4.06. The molecule has 1 aromatic carbocycles. The fourth-order valence-electron chi connectivity index (χ4n) is 1.77. The molecular weight excluding hydrogens is 252 g/mol. The molecule has 0 amide bonds. The van der Waals surface area contributed by atoms with Gasteiger partial charge in [0, 0.05) is 0 Å². The quantitative estimate of drug-likeness (QED) is 0.773. The minimum absolute atomic E-state index is 0.227. The van der Waals surface area contributed by atoms with Gasteiger partial charge in [-0.3, -0.25) is 0 Å². The van der Waals surface area contributed by atoms with Crippen LogP contribution in [0.4, 0.5) is 5.13 Å². The zero-order valence-corrected chi connectivity index (χ0v) is 11.2. The maximum Gasteiger partial charge on any atom is 0.207 e. The Hall–Kier alpha value is -1.24. The van der Waals surface area contributed by atoms with Gasteiger partial charge in [0.05, 0.1) is 10.2 Å². The molecule has 2 N–H and O–H groups in total. The second-order valence-corrected chi connectivity index (χ2v) is 5.86. The standard InChI is InChI=1S/C11H12N4S2/c1-11(2)13-9(16)15(14-11)10-12-7-5-3-4-6-8(7)17-10/h3-6,14H,1-2H3,(H,13,16). The highest BCUT2D eigenvalue weighted by molar-refractivity contribution is 7.80. The molecule has 6 heteroatoms. The molecule has 0 unspecified atom stereocenters. The third-order valence-corrected chi connectivity index (χ3v) is 3.79. The lowest BCUT2D eigenvalue weighted by atomic mass is 10.3. The minimum atomic E-state index is -0.227. The lowest BCUT2D eigenvalue weighted by Gasteiger charge is -2.18. The van der Waals surface area contributed by atoms with Gasteiger partial charge in [-0.15, -0.1) is 0 Å². The first-order valence-corrected chi connectivity index (χ1v) is 6.53. The van der Waals surface area contributed by atoms with Crippen molar-refractivity contribution in [2.45, 2.75) is 19.5 Å². The Morgan fingerprint density at radius 2 is 2.12 bits per heavy atom. The van der Waals surface area contributed by atoms with Crippen LogP contribution in [0.15, 0.2) is 24.3 Å². The van der Waals surface area contributed by atoms with Crippen molar-refractivity contribution in [3.63, 3.8) is 0 Å². The largest absolute Gasteiger partial charge is 0.342 e. The Morgan fingerprint density at radius 1 is 1.35 bits per heavy atom. The summed E-state index contributed by atoms with van der Waals surface area (Å²) in [5, 5.41) is 6.56. The second kappa shape index (κ2) is 3.63. The number of para-hydroxylation sites is 1. The number of fused-ring (bicyclic) bond motifs is 1. The van der Waals surface area contributed by atoms with Gasteiger partial charge in [0.15, 0.2) is 5.11 Å². The van der Waals surface area contributed by atoms with Crippen LogP contribution in [0.1, 0.15) is 13.8 Å². The van der Waals surface area contributed by atoms with E-state index in [1.54, 1.807) is 11.3 Å². The zero-order chi connectivity index (χ0) is 12.0. The first-order chi connectivity index (χ1) is 8.05. The topological polar surface area (TPSA) is 40.2 Å². The van der Waals surface area contributed by atoms with Gasteiger partial charge in [0.25, 0.3) is 0 Å². The molecule has 4 nitrogen and oxygen atoms in total. The summed E-state index contributed by atoms with van der Waals surface area (Å²) in [6.45, 7) is 4.07. The molecule has 88 valence electrons. The first-order valence-electron chi connectivity index (χ1n) is 5.31. The number of hydrogen-bond donors (Lipinski definition) is 2. The molecule has 0 atom stereocenters. The number of anilines is 1. The van der Waals surface area contributed by atoms with Gasteiger partial charge in [0.1, 0.15) is 5.66 Å². The van der Waals surface area contributed by atoms with Crippen LogP contribution in [0.25, 0.3) is 10.2 Å². The third kappa shape index (κ3) is 1.88. The van der Waals surface area contributed by atoms with Gasteiger partial charge >= 0.3 is 0 Å². The molecule has 2 heterocycles. The van der Waals surface area contributed by atoms with Gasteiger partial charge in [-0.1, -0.05) is 23.5 Å². The van der Waals surface area contributed by atoms with Crippen LogP contribution in [0.5, 0.6) is 0 Å². The lowest BCUT2D eigenvalue weighted by molar-refractivity contribution is 0.415. The minimum Gasteiger partial charge on any atom is -0.342 e. The normalized spacial score (nSPS) is 18.7. The van der Waals surface area contributed by atoms with E-state index in [1.807, 2.05) is 37.1 Å². The van der Waals surface area contributed by atoms with Crippen molar-refractivity contribution in [3.8, 4) is 0 Å². The average molecular weight is 264 g/mol. The lowest BCUT2D eigenvalue weighted by Crippen LogP contribution is -2.45. The highest BCUT2D eigenvalue weighted by atomic mass is 32.1. The number of rotatable bonds is 1. The Kier molecular flexibility index (Phi) is 2.32. The van der Waals surface area contributed by atoms with Crippen LogP contribution in [0.2, 0.25) is 0 Å². The Balaban J connectivity index is 2.02. The van der Waals surface area contributed by atoms with E-state index in [9.17, 15) is 0 Å². The summed E-state index contributed by atoms with van der Waals surface area (Å²) in [4.78, 5) is 4.57. The van der Waals surface area contributed by atoms with Gasteiger partial charge in [-0.25, -0.2) is 15.4 Å². The SMILES string of the molecule is CC1(C)NC(=S)N(c2nc3ccccc3s2)N1. The molecule has 1 aliphatic rings. The molecular formula is C11H12N4S2. The predicted molar refractivity (Wildman–Crippen MR) is 75.0 cm³/mol. The van der Waals surface area contributed by atoms with E-state index in [0.29, 0.717) is 5.11 Å². The summed E-state index contributed by atoms with van der Waals surface area (Å²) in [7, 11) is 0. The molecule has 1 saturated heterocycles. The van der Waals surface area contributed by atoms with E-state index in [0.717, 1.165) is 15.3 Å². The maximum absolute atomic E-state index is 5.29. The third-order valence-electron chi connectivity index (χ3n) is 2.49. The number of hydrazine groups is 1. The zero-order valence-electron chi connectivity index (χ0n) is 9.52. The van der Waals surface area contributed by atoms with Crippen molar-refractivity contribution < 1.29 is 0 Å². The summed E-state index contributed by atoms with van der Waals surface area (Å²) >= 11 is 6.92. The van der Waals surface area contributed by atoms with E-state index in [4.69, 9.17) is 12.2 Å². The van der Waals surface area contributed by atoms with Crippen molar-refractivity contribution in [1.82, 2.24) is 15.7 Å². The van der Waals surface area contributed by atoms with Crippen LogP contribution in [-0.2, 0) is 0 Å². The molecule has 1 aromatic heterocycles. The number of thiazole rings is 1. The van der Waals surface area contributed by atoms with E-state index in [1.165, 1.54) is 0 Å². The van der Waals surface area contributed by atoms with Gasteiger partial charge in [-0.2, -0.15) is 0 Å². The fourth-order valence-corrected chi connectivity index (χ4v) is 3.15. The molecule has 2 aromatic rings. The van der Waals surface area contributed by atoms with Crippen LogP contribution in [-0.4, -0.2) is 15.8 Å². The van der Waals surface area contributed by atoms with Crippen molar-refractivity contribution in [2.24, 2.45) is 0 Å². The number of hydrogen-bond acceptors (Lipinski definition) is 4. The average Bonchev–Trinajstić information content (AvgIpc) is 2.78. The molecule has 0 radical (unpaired) electrons. The van der Waals surface area contributed by atoms with Crippen LogP contribution in [0, 0.1) is 0 Å². The molecule has 0 spiro atoms. The summed E-state index contributed by atoms with van der Waals surface area (Å²) in [6.07, 6.45) is 0. The van der Waals surface area contributed by atoms with Crippen molar-refractivity contribution in [2.75, 3.05) is 5.01 Å². The molecule has 0 bridgehead atoms. The van der Waals surface area contributed by atoms with Gasteiger partial charge in [0.2, 0.25) is 5.13 Å². The number of benzene rings is 1. The number of nitrogens with one attached hydrogen (secondary N) is 2. The number of aromatic nitrogens is 1. The Bertz CT molecular complexity index is 557. The Morgan fingerprint density at radius 3 is 2.76 bits per heavy atom. The predicted octanol–water partition coefficient (Wildman–Crippen LogP) is 2.23. The maximum atomic E-state index is 5.29. The number of thiocarbonyl (C=S) groups is 1. The molecule has 1 aliphatic heterocycles. The highest BCUT2D eigenvalue weighted by Gasteiger charge is 2.33. The van der Waals surface area contributed by atoms with E-state index in [-0.39, 0.29) is 5.66 Å². The highest BCUT2D eigenvalue weighted by Crippen LogP contribution is 2.29. The van der Waals surface area contributed by atoms with Crippen molar-refractivity contribution in [1.29, 1.82) is 0 Å². The fraction of sp³-hybridized carbons (Fsp3) is 0.273. The van der Waals surface area contributed by atoms with Gasteiger partial charge in [-0.05, 0) is 38.2 Å². The molecule has 1 fully saturated rings. The molecule has 17 heavy (non-hydrogen) atoms. The molecule has 3 rings (SSSR count). The van der Waals surface area contributed by atoms with Gasteiger partial charge < -0.3 is 5.32 Å². The summed E-state index contributed by atoms with van der Waals surface area (Å²) in [6, 6.07) is 8.08. The smallest absolute Gasteiger partial charge is 0.207 e. The summed E-state index contributed by atoms with van der Waals surface area (Å²) in [5.74, 6) is 0. The van der Waals surface area contributed by atoms with E-state index >= 15 is 0 Å². The number of nitrogens with zero attached hydrogens (tertiary/aromatic N) is 2. The Labute approximate surface area is 109 Å². The van der Waals surface area contributed by atoms with Crippen LogP contribution in [0.3, 0.4) is 0 Å². The molecule has 0 aliphatic carbocycles. The second-order valence-electron chi connectivity index (χ2n) is 4.47. The molecule has 0 saturated carbocycles. The van der Waals surface area contributed by atoms with Crippen molar-refractivity contribution >= 4 is 44.0 Å². The summed E-state index contributed by atoms with van der Waals surface area (Å²) < 4.78 is 1.16. The van der Waals surface area contributed by atoms with E-state index in [2.05, 4.69) is 21.8 Å². The first kappa shape index (κ1) is 10.9. The van der Waals surface area contributed by atoms with E-state index < -0.39 is 0 Å². The van der Waals surface area contributed by atoms with Crippen LogP contribution < -0.4 is 15.8 Å².